The summed E-state index contributed by atoms with van der Waals surface area (Å²) in [5.41, 5.74) is 1.23. The van der Waals surface area contributed by atoms with Crippen LogP contribution in [0.15, 0.2) is 24.4 Å². The Morgan fingerprint density at radius 2 is 2.20 bits per heavy atom. The average Bonchev–Trinajstić information content (AvgIpc) is 2.53. The van der Waals surface area contributed by atoms with Crippen LogP contribution in [0, 0.1) is 0 Å². The summed E-state index contributed by atoms with van der Waals surface area (Å²) in [6.45, 7) is 7.38. The van der Waals surface area contributed by atoms with E-state index in [0.717, 1.165) is 18.5 Å². The van der Waals surface area contributed by atoms with Gasteiger partial charge in [0.05, 0.1) is 0 Å². The first-order valence-corrected chi connectivity index (χ1v) is 8.25. The van der Waals surface area contributed by atoms with Gasteiger partial charge < -0.3 is 0 Å². The van der Waals surface area contributed by atoms with Gasteiger partial charge in [0, 0.05) is 50.0 Å². The zero-order valence-electron chi connectivity index (χ0n) is 12.7. The third-order valence-electron chi connectivity index (χ3n) is 5.01. The van der Waals surface area contributed by atoms with E-state index in [1.54, 1.807) is 0 Å². The lowest BCUT2D eigenvalue weighted by Gasteiger charge is -2.48. The van der Waals surface area contributed by atoms with E-state index in [1.165, 1.54) is 57.6 Å². The van der Waals surface area contributed by atoms with Crippen molar-refractivity contribution in [2.75, 3.05) is 26.2 Å². The Kier molecular flexibility index (Phi) is 4.69. The molecule has 0 N–H and O–H groups in total. The zero-order chi connectivity index (χ0) is 13.8. The lowest BCUT2D eigenvalue weighted by Crippen LogP contribution is -2.59. The van der Waals surface area contributed by atoms with Gasteiger partial charge >= 0.3 is 0 Å². The van der Waals surface area contributed by atoms with Gasteiger partial charge in [0.1, 0.15) is 0 Å². The molecule has 2 unspecified atom stereocenters. The van der Waals surface area contributed by atoms with Gasteiger partial charge in [0.25, 0.3) is 0 Å². The van der Waals surface area contributed by atoms with Crippen LogP contribution in [0.5, 0.6) is 0 Å². The van der Waals surface area contributed by atoms with Gasteiger partial charge in [-0.25, -0.2) is 0 Å². The van der Waals surface area contributed by atoms with Gasteiger partial charge in [-0.2, -0.15) is 0 Å². The molecular weight excluding hydrogens is 246 g/mol. The van der Waals surface area contributed by atoms with E-state index in [-0.39, 0.29) is 0 Å². The molecule has 2 aliphatic rings. The Labute approximate surface area is 123 Å². The number of hydrogen-bond donors (Lipinski definition) is 0. The maximum absolute atomic E-state index is 4.46. The first-order valence-electron chi connectivity index (χ1n) is 8.25. The molecule has 3 nitrogen and oxygen atoms in total. The van der Waals surface area contributed by atoms with Crippen molar-refractivity contribution in [3.05, 3.63) is 30.1 Å². The Morgan fingerprint density at radius 1 is 1.25 bits per heavy atom. The molecule has 0 radical (unpaired) electrons. The molecule has 0 amide bonds. The van der Waals surface area contributed by atoms with E-state index in [9.17, 15) is 0 Å². The summed E-state index contributed by atoms with van der Waals surface area (Å²) in [5.74, 6) is 0. The molecular formula is C17H27N3. The molecule has 110 valence electrons. The van der Waals surface area contributed by atoms with Crippen LogP contribution in [0.3, 0.4) is 0 Å². The summed E-state index contributed by atoms with van der Waals surface area (Å²) in [7, 11) is 0. The van der Waals surface area contributed by atoms with E-state index in [2.05, 4.69) is 33.8 Å². The lowest BCUT2D eigenvalue weighted by molar-refractivity contribution is 0.00816. The molecule has 2 fully saturated rings. The Bertz CT molecular complexity index is 406. The Hall–Kier alpha value is -0.930. The fraction of sp³-hybridized carbons (Fsp3) is 0.706. The van der Waals surface area contributed by atoms with Crippen molar-refractivity contribution in [3.63, 3.8) is 0 Å². The predicted octanol–water partition coefficient (Wildman–Crippen LogP) is 2.57. The van der Waals surface area contributed by atoms with Crippen LogP contribution in [0.25, 0.3) is 0 Å². The lowest BCUT2D eigenvalue weighted by atomic mass is 9.95. The third kappa shape index (κ3) is 3.21. The van der Waals surface area contributed by atoms with Crippen LogP contribution in [-0.4, -0.2) is 53.0 Å². The molecule has 3 rings (SSSR count). The van der Waals surface area contributed by atoms with Gasteiger partial charge in [-0.1, -0.05) is 19.4 Å². The van der Waals surface area contributed by atoms with E-state index < -0.39 is 0 Å². The fourth-order valence-electron chi connectivity index (χ4n) is 3.78. The number of pyridine rings is 1. The standard InChI is InChI=1S/C17H27N3/c1-2-16-13-19-11-6-4-8-17(19)14-20(16)12-9-15-7-3-5-10-18-15/h3,5,7,10,16-17H,2,4,6,8-9,11-14H2,1H3. The molecule has 0 aliphatic carbocycles. The molecule has 2 aliphatic heterocycles. The number of piperidine rings is 1. The summed E-state index contributed by atoms with van der Waals surface area (Å²) < 4.78 is 0. The highest BCUT2D eigenvalue weighted by molar-refractivity contribution is 5.04. The summed E-state index contributed by atoms with van der Waals surface area (Å²) >= 11 is 0. The highest BCUT2D eigenvalue weighted by Crippen LogP contribution is 2.25. The number of fused-ring (bicyclic) bond motifs is 1. The molecule has 0 bridgehead atoms. The van der Waals surface area contributed by atoms with Crippen LogP contribution in [0.4, 0.5) is 0 Å². The van der Waals surface area contributed by atoms with Crippen LogP contribution >= 0.6 is 0 Å². The first kappa shape index (κ1) is 14.0. The fourth-order valence-corrected chi connectivity index (χ4v) is 3.78. The maximum atomic E-state index is 4.46. The molecule has 2 saturated heterocycles. The van der Waals surface area contributed by atoms with E-state index in [1.807, 2.05) is 12.3 Å². The largest absolute Gasteiger partial charge is 0.298 e. The summed E-state index contributed by atoms with van der Waals surface area (Å²) in [4.78, 5) is 9.93. The second kappa shape index (κ2) is 6.68. The molecule has 1 aromatic rings. The Balaban J connectivity index is 1.59. The van der Waals surface area contributed by atoms with Crippen molar-refractivity contribution in [1.82, 2.24) is 14.8 Å². The highest BCUT2D eigenvalue weighted by atomic mass is 15.3. The summed E-state index contributed by atoms with van der Waals surface area (Å²) in [6.07, 6.45) is 8.49. The minimum absolute atomic E-state index is 0.744. The minimum Gasteiger partial charge on any atom is -0.298 e. The number of hydrogen-bond acceptors (Lipinski definition) is 3. The molecule has 2 atom stereocenters. The van der Waals surface area contributed by atoms with Crippen molar-refractivity contribution in [2.45, 2.75) is 51.1 Å². The van der Waals surface area contributed by atoms with Gasteiger partial charge in [0.15, 0.2) is 0 Å². The SMILES string of the molecule is CCC1CN2CCCCC2CN1CCc1ccccn1. The third-order valence-corrected chi connectivity index (χ3v) is 5.01. The van der Waals surface area contributed by atoms with Crippen molar-refractivity contribution >= 4 is 0 Å². The maximum Gasteiger partial charge on any atom is 0.0416 e. The summed E-state index contributed by atoms with van der Waals surface area (Å²) in [5, 5.41) is 0. The van der Waals surface area contributed by atoms with E-state index in [4.69, 9.17) is 0 Å². The second-order valence-corrected chi connectivity index (χ2v) is 6.27. The van der Waals surface area contributed by atoms with Gasteiger partial charge in [-0.3, -0.25) is 14.8 Å². The minimum atomic E-state index is 0.744. The normalized spacial score (nSPS) is 28.2. The molecule has 3 heterocycles. The molecule has 0 aromatic carbocycles. The van der Waals surface area contributed by atoms with E-state index in [0.29, 0.717) is 0 Å². The van der Waals surface area contributed by atoms with Gasteiger partial charge in [0.2, 0.25) is 0 Å². The molecule has 20 heavy (non-hydrogen) atoms. The molecule has 1 aromatic heterocycles. The smallest absolute Gasteiger partial charge is 0.0416 e. The van der Waals surface area contributed by atoms with Crippen LogP contribution in [0.1, 0.15) is 38.3 Å². The number of piperazine rings is 1. The zero-order valence-corrected chi connectivity index (χ0v) is 12.7. The molecule has 3 heteroatoms. The van der Waals surface area contributed by atoms with Crippen LogP contribution < -0.4 is 0 Å². The van der Waals surface area contributed by atoms with Gasteiger partial charge in [-0.05, 0) is 37.9 Å². The van der Waals surface area contributed by atoms with Crippen LogP contribution in [-0.2, 0) is 6.42 Å². The highest BCUT2D eigenvalue weighted by Gasteiger charge is 2.33. The Morgan fingerprint density at radius 3 is 3.00 bits per heavy atom. The quantitative estimate of drug-likeness (QED) is 0.840. The average molecular weight is 273 g/mol. The predicted molar refractivity (Wildman–Crippen MR) is 82.8 cm³/mol. The van der Waals surface area contributed by atoms with Crippen molar-refractivity contribution in [1.29, 1.82) is 0 Å². The summed E-state index contributed by atoms with van der Waals surface area (Å²) in [6, 6.07) is 7.80. The molecule has 0 spiro atoms. The topological polar surface area (TPSA) is 19.4 Å². The monoisotopic (exact) mass is 273 g/mol. The first-order chi connectivity index (χ1) is 9.86. The number of rotatable bonds is 4. The molecule has 0 saturated carbocycles. The van der Waals surface area contributed by atoms with Crippen molar-refractivity contribution in [2.24, 2.45) is 0 Å². The second-order valence-electron chi connectivity index (χ2n) is 6.27. The number of nitrogens with zero attached hydrogens (tertiary/aromatic N) is 3. The number of aromatic nitrogens is 1. The van der Waals surface area contributed by atoms with Crippen molar-refractivity contribution in [3.8, 4) is 0 Å². The van der Waals surface area contributed by atoms with Crippen molar-refractivity contribution < 1.29 is 0 Å². The van der Waals surface area contributed by atoms with E-state index >= 15 is 0 Å². The van der Waals surface area contributed by atoms with Crippen LogP contribution in [0.2, 0.25) is 0 Å². The van der Waals surface area contributed by atoms with Gasteiger partial charge in [-0.15, -0.1) is 0 Å².